The van der Waals surface area contributed by atoms with Crippen LogP contribution in [0.1, 0.15) is 11.3 Å². The van der Waals surface area contributed by atoms with Gasteiger partial charge in [0.05, 0.1) is 15.9 Å². The Kier molecular flexibility index (Phi) is 3.64. The summed E-state index contributed by atoms with van der Waals surface area (Å²) in [5.41, 5.74) is 4.64. The molecule has 0 amide bonds. The lowest BCUT2D eigenvalue weighted by atomic mass is 10.1. The molecule has 0 fully saturated rings. The number of aryl methyl sites for hydroxylation is 2. The lowest BCUT2D eigenvalue weighted by molar-refractivity contribution is 0.715. The van der Waals surface area contributed by atoms with Gasteiger partial charge in [-0.3, -0.25) is 4.68 Å². The first kappa shape index (κ1) is 12.3. The number of nitrogens with zero attached hydrogens (tertiary/aromatic N) is 2. The summed E-state index contributed by atoms with van der Waals surface area (Å²) in [6.45, 7) is 2.88. The van der Waals surface area contributed by atoms with Gasteiger partial charge in [0.2, 0.25) is 0 Å². The van der Waals surface area contributed by atoms with E-state index < -0.39 is 0 Å². The zero-order valence-corrected chi connectivity index (χ0v) is 11.9. The van der Waals surface area contributed by atoms with Crippen molar-refractivity contribution in [1.29, 1.82) is 0 Å². The molecule has 1 aromatic carbocycles. The maximum atomic E-state index is 4.52. The molecule has 0 bridgehead atoms. The van der Waals surface area contributed by atoms with Gasteiger partial charge in [-0.05, 0) is 35.5 Å². The zero-order valence-electron chi connectivity index (χ0n) is 10.3. The highest BCUT2D eigenvalue weighted by atomic mass is 79.9. The molecule has 0 aliphatic rings. The monoisotopic (exact) mass is 293 g/mol. The van der Waals surface area contributed by atoms with Gasteiger partial charge in [-0.1, -0.05) is 24.3 Å². The van der Waals surface area contributed by atoms with Crippen molar-refractivity contribution in [3.8, 4) is 11.3 Å². The zero-order chi connectivity index (χ0) is 12.4. The first-order chi connectivity index (χ1) is 8.15. The van der Waals surface area contributed by atoms with E-state index in [1.807, 2.05) is 18.8 Å². The summed E-state index contributed by atoms with van der Waals surface area (Å²) in [5.74, 6) is 0. The van der Waals surface area contributed by atoms with Crippen molar-refractivity contribution in [3.63, 3.8) is 0 Å². The van der Waals surface area contributed by atoms with E-state index in [2.05, 4.69) is 57.5 Å². The van der Waals surface area contributed by atoms with Gasteiger partial charge in [0, 0.05) is 19.2 Å². The molecule has 2 rings (SSSR count). The highest BCUT2D eigenvalue weighted by Crippen LogP contribution is 2.32. The van der Waals surface area contributed by atoms with Gasteiger partial charge in [-0.15, -0.1) is 0 Å². The van der Waals surface area contributed by atoms with Crippen molar-refractivity contribution >= 4 is 15.9 Å². The van der Waals surface area contributed by atoms with Gasteiger partial charge in [-0.2, -0.15) is 5.10 Å². The predicted molar refractivity (Wildman–Crippen MR) is 73.8 cm³/mol. The van der Waals surface area contributed by atoms with E-state index in [0.717, 1.165) is 22.4 Å². The number of nitrogens with one attached hydrogen (secondary N) is 1. The minimum Gasteiger partial charge on any atom is -0.314 e. The van der Waals surface area contributed by atoms with Crippen LogP contribution in [0.2, 0.25) is 0 Å². The maximum Gasteiger partial charge on any atom is 0.0910 e. The highest BCUT2D eigenvalue weighted by molar-refractivity contribution is 9.10. The van der Waals surface area contributed by atoms with Crippen LogP contribution in [0.5, 0.6) is 0 Å². The van der Waals surface area contributed by atoms with Crippen LogP contribution < -0.4 is 5.32 Å². The molecule has 90 valence electrons. The first-order valence-electron chi connectivity index (χ1n) is 5.57. The minimum atomic E-state index is 0.764. The third kappa shape index (κ3) is 2.28. The molecule has 2 aromatic rings. The molecular formula is C13H16BrN3. The largest absolute Gasteiger partial charge is 0.314 e. The maximum absolute atomic E-state index is 4.52. The number of halogens is 1. The molecule has 0 aliphatic heterocycles. The van der Waals surface area contributed by atoms with E-state index in [4.69, 9.17) is 0 Å². The van der Waals surface area contributed by atoms with E-state index in [-0.39, 0.29) is 0 Å². The summed E-state index contributed by atoms with van der Waals surface area (Å²) in [6, 6.07) is 8.35. The molecule has 0 unspecified atom stereocenters. The summed E-state index contributed by atoms with van der Waals surface area (Å²) in [5, 5.41) is 7.65. The van der Waals surface area contributed by atoms with Crippen molar-refractivity contribution in [2.24, 2.45) is 7.05 Å². The lowest BCUT2D eigenvalue weighted by Crippen LogP contribution is -2.06. The summed E-state index contributed by atoms with van der Waals surface area (Å²) in [6.07, 6.45) is 0. The Bertz CT molecular complexity index is 531. The molecular weight excluding hydrogens is 278 g/mol. The summed E-state index contributed by atoms with van der Waals surface area (Å²) in [7, 11) is 3.90. The Morgan fingerprint density at radius 3 is 2.71 bits per heavy atom. The van der Waals surface area contributed by atoms with Crippen molar-refractivity contribution in [2.75, 3.05) is 7.05 Å². The van der Waals surface area contributed by atoms with Crippen LogP contribution in [0.25, 0.3) is 11.3 Å². The van der Waals surface area contributed by atoms with Gasteiger partial charge < -0.3 is 5.32 Å². The normalized spacial score (nSPS) is 10.8. The van der Waals surface area contributed by atoms with Gasteiger partial charge in [0.15, 0.2) is 0 Å². The number of hydrogen-bond acceptors (Lipinski definition) is 2. The highest BCUT2D eigenvalue weighted by Gasteiger charge is 2.15. The molecule has 17 heavy (non-hydrogen) atoms. The molecule has 0 aliphatic carbocycles. The van der Waals surface area contributed by atoms with Crippen LogP contribution in [0, 0.1) is 6.92 Å². The molecule has 4 heteroatoms. The van der Waals surface area contributed by atoms with E-state index in [0.29, 0.717) is 0 Å². The fraction of sp³-hybridized carbons (Fsp3) is 0.308. The third-order valence-corrected chi connectivity index (χ3v) is 3.63. The fourth-order valence-electron chi connectivity index (χ4n) is 1.97. The average molecular weight is 294 g/mol. The molecule has 0 saturated heterocycles. The summed E-state index contributed by atoms with van der Waals surface area (Å²) in [4.78, 5) is 0. The van der Waals surface area contributed by atoms with Crippen LogP contribution in [-0.2, 0) is 13.6 Å². The van der Waals surface area contributed by atoms with Crippen molar-refractivity contribution in [1.82, 2.24) is 15.1 Å². The van der Waals surface area contributed by atoms with Crippen LogP contribution in [0.3, 0.4) is 0 Å². The van der Waals surface area contributed by atoms with Gasteiger partial charge in [0.25, 0.3) is 0 Å². The Labute approximate surface area is 110 Å². The van der Waals surface area contributed by atoms with Crippen molar-refractivity contribution in [2.45, 2.75) is 13.5 Å². The van der Waals surface area contributed by atoms with Gasteiger partial charge >= 0.3 is 0 Å². The minimum absolute atomic E-state index is 0.764. The Balaban J connectivity index is 2.56. The molecule has 1 N–H and O–H groups in total. The van der Waals surface area contributed by atoms with Gasteiger partial charge in [-0.25, -0.2) is 0 Å². The molecule has 1 aromatic heterocycles. The Morgan fingerprint density at radius 2 is 2.06 bits per heavy atom. The molecule has 3 nitrogen and oxygen atoms in total. The molecule has 0 radical (unpaired) electrons. The van der Waals surface area contributed by atoms with Crippen LogP contribution in [0.15, 0.2) is 28.7 Å². The standard InChI is InChI=1S/C13H16BrN3/c1-9-6-4-5-7-10(9)13-12(14)11(8-15-2)16-17(13)3/h4-7,15H,8H2,1-3H3. The Hall–Kier alpha value is -1.13. The topological polar surface area (TPSA) is 29.9 Å². The molecule has 0 spiro atoms. The summed E-state index contributed by atoms with van der Waals surface area (Å²) >= 11 is 3.65. The van der Waals surface area contributed by atoms with E-state index in [9.17, 15) is 0 Å². The molecule has 1 heterocycles. The number of benzene rings is 1. The number of hydrogen-bond donors (Lipinski definition) is 1. The smallest absolute Gasteiger partial charge is 0.0910 e. The average Bonchev–Trinajstić information content (AvgIpc) is 2.57. The molecule has 0 saturated carbocycles. The second-order valence-corrected chi connectivity index (χ2v) is 4.87. The van der Waals surface area contributed by atoms with E-state index >= 15 is 0 Å². The second-order valence-electron chi connectivity index (χ2n) is 4.08. The van der Waals surface area contributed by atoms with Crippen LogP contribution in [-0.4, -0.2) is 16.8 Å². The quantitative estimate of drug-likeness (QED) is 0.943. The van der Waals surface area contributed by atoms with E-state index in [1.54, 1.807) is 0 Å². The second kappa shape index (κ2) is 5.02. The molecule has 0 atom stereocenters. The lowest BCUT2D eigenvalue weighted by Gasteiger charge is -2.06. The van der Waals surface area contributed by atoms with Crippen molar-refractivity contribution in [3.05, 3.63) is 40.0 Å². The predicted octanol–water partition coefficient (Wildman–Crippen LogP) is 2.88. The van der Waals surface area contributed by atoms with Crippen molar-refractivity contribution < 1.29 is 0 Å². The summed E-state index contributed by atoms with van der Waals surface area (Å²) < 4.78 is 3.00. The first-order valence-corrected chi connectivity index (χ1v) is 6.36. The van der Waals surface area contributed by atoms with Gasteiger partial charge in [0.1, 0.15) is 0 Å². The fourth-order valence-corrected chi connectivity index (χ4v) is 2.65. The number of rotatable bonds is 3. The third-order valence-electron chi connectivity index (χ3n) is 2.80. The Morgan fingerprint density at radius 1 is 1.35 bits per heavy atom. The van der Waals surface area contributed by atoms with Crippen LogP contribution in [0.4, 0.5) is 0 Å². The SMILES string of the molecule is CNCc1nn(C)c(-c2ccccc2C)c1Br. The number of aromatic nitrogens is 2. The van der Waals surface area contributed by atoms with E-state index in [1.165, 1.54) is 11.1 Å². The van der Waals surface area contributed by atoms with Crippen LogP contribution >= 0.6 is 15.9 Å².